The molecule has 0 radical (unpaired) electrons. The van der Waals surface area contributed by atoms with Crippen molar-refractivity contribution in [3.8, 4) is 5.88 Å². The van der Waals surface area contributed by atoms with Gasteiger partial charge in [-0.05, 0) is 55.1 Å². The Hall–Kier alpha value is -4.01. The van der Waals surface area contributed by atoms with Crippen molar-refractivity contribution in [2.24, 2.45) is 4.99 Å². The second kappa shape index (κ2) is 10.3. The number of aromatic amines is 1. The first-order valence-corrected chi connectivity index (χ1v) is 11.9. The molecule has 0 unspecified atom stereocenters. The summed E-state index contributed by atoms with van der Waals surface area (Å²) in [6, 6.07) is 17.0. The second-order valence-electron chi connectivity index (χ2n) is 9.05. The van der Waals surface area contributed by atoms with Gasteiger partial charge in [0.05, 0.1) is 29.6 Å². The van der Waals surface area contributed by atoms with E-state index in [1.807, 2.05) is 24.3 Å². The summed E-state index contributed by atoms with van der Waals surface area (Å²) in [5, 5.41) is 11.6. The molecule has 1 aliphatic rings. The Balaban J connectivity index is 1.58. The zero-order valence-electron chi connectivity index (χ0n) is 20.4. The highest BCUT2D eigenvalue weighted by atomic mass is 16.5. The highest BCUT2D eigenvalue weighted by Gasteiger charge is 2.21. The van der Waals surface area contributed by atoms with Crippen LogP contribution in [-0.2, 0) is 11.3 Å². The Kier molecular flexibility index (Phi) is 6.79. The number of ether oxygens (including phenoxy) is 1. The van der Waals surface area contributed by atoms with Crippen molar-refractivity contribution in [1.82, 2.24) is 19.8 Å². The van der Waals surface area contributed by atoms with Crippen molar-refractivity contribution in [2.75, 3.05) is 40.3 Å². The summed E-state index contributed by atoms with van der Waals surface area (Å²) in [7, 11) is 3.50. The van der Waals surface area contributed by atoms with Crippen LogP contribution in [0.25, 0.3) is 10.9 Å². The second-order valence-corrected chi connectivity index (χ2v) is 9.05. The van der Waals surface area contributed by atoms with Gasteiger partial charge in [-0.1, -0.05) is 12.1 Å². The summed E-state index contributed by atoms with van der Waals surface area (Å²) in [5.41, 5.74) is 4.86. The van der Waals surface area contributed by atoms with Crippen LogP contribution in [0.4, 0.5) is 5.69 Å². The Bertz CT molecular complexity index is 1410. The van der Waals surface area contributed by atoms with Gasteiger partial charge in [0.1, 0.15) is 0 Å². The number of piperazine rings is 1. The molecule has 2 aromatic carbocycles. The van der Waals surface area contributed by atoms with E-state index in [9.17, 15) is 9.90 Å². The van der Waals surface area contributed by atoms with Crippen molar-refractivity contribution < 1.29 is 14.6 Å². The number of H-pyrrole nitrogens is 1. The van der Waals surface area contributed by atoms with Gasteiger partial charge in [-0.3, -0.25) is 9.88 Å². The lowest BCUT2D eigenvalue weighted by Crippen LogP contribution is -2.43. The SMILES string of the molecule is COC(=O)c1ccc2[nH]c(O)c(C(=Nc3cccc(CN4CCN(C)CC4)c3)c3cccnc3)c2c1. The van der Waals surface area contributed by atoms with Crippen molar-refractivity contribution in [3.05, 3.63) is 89.2 Å². The Labute approximate surface area is 209 Å². The number of esters is 1. The van der Waals surface area contributed by atoms with E-state index in [1.165, 1.54) is 12.7 Å². The number of nitrogens with one attached hydrogen (secondary N) is 1. The van der Waals surface area contributed by atoms with E-state index in [-0.39, 0.29) is 5.88 Å². The van der Waals surface area contributed by atoms with Gasteiger partial charge in [0.15, 0.2) is 5.88 Å². The highest BCUT2D eigenvalue weighted by molar-refractivity contribution is 6.22. The first-order valence-electron chi connectivity index (χ1n) is 11.9. The molecule has 184 valence electrons. The number of likely N-dealkylation sites (N-methyl/N-ethyl adjacent to an activating group) is 1. The maximum Gasteiger partial charge on any atom is 0.337 e. The maximum atomic E-state index is 12.2. The smallest absolute Gasteiger partial charge is 0.337 e. The van der Waals surface area contributed by atoms with Crippen LogP contribution >= 0.6 is 0 Å². The number of nitrogens with zero attached hydrogens (tertiary/aromatic N) is 4. The van der Waals surface area contributed by atoms with Crippen LogP contribution in [0.5, 0.6) is 5.88 Å². The van der Waals surface area contributed by atoms with Crippen LogP contribution in [0.3, 0.4) is 0 Å². The fourth-order valence-corrected chi connectivity index (χ4v) is 4.55. The molecular formula is C28H29N5O3. The van der Waals surface area contributed by atoms with Gasteiger partial charge in [0.2, 0.25) is 0 Å². The molecule has 0 bridgehead atoms. The minimum absolute atomic E-state index is 0.0248. The molecule has 1 fully saturated rings. The highest BCUT2D eigenvalue weighted by Crippen LogP contribution is 2.32. The number of carbonyl (C=O) groups excluding carboxylic acids is 1. The minimum Gasteiger partial charge on any atom is -0.494 e. The van der Waals surface area contributed by atoms with Gasteiger partial charge >= 0.3 is 5.97 Å². The summed E-state index contributed by atoms with van der Waals surface area (Å²) in [5.74, 6) is -0.469. The van der Waals surface area contributed by atoms with Crippen LogP contribution in [0.1, 0.15) is 27.0 Å². The number of benzene rings is 2. The third-order valence-electron chi connectivity index (χ3n) is 6.53. The third-order valence-corrected chi connectivity index (χ3v) is 6.53. The standard InChI is InChI=1S/C28H29N5O3/c1-32-11-13-33(14-12-32)18-19-5-3-7-22(15-19)30-26(21-6-4-10-29-17-21)25-23-16-20(28(35)36-2)8-9-24(23)31-27(25)34/h3-10,15-17,31,34H,11-14,18H2,1-2H3. The van der Waals surface area contributed by atoms with Gasteiger partial charge in [-0.25, -0.2) is 9.79 Å². The van der Waals surface area contributed by atoms with E-state index < -0.39 is 5.97 Å². The first-order chi connectivity index (χ1) is 17.5. The third kappa shape index (κ3) is 5.00. The molecule has 5 rings (SSSR count). The molecule has 0 spiro atoms. The summed E-state index contributed by atoms with van der Waals surface area (Å²) >= 11 is 0. The van der Waals surface area contributed by atoms with Crippen LogP contribution in [0, 0.1) is 0 Å². The molecule has 0 amide bonds. The summed E-state index contributed by atoms with van der Waals surface area (Å²) in [6.45, 7) is 5.07. The number of methoxy groups -OCH3 is 1. The molecule has 0 saturated carbocycles. The lowest BCUT2D eigenvalue weighted by molar-refractivity contribution is 0.0601. The van der Waals surface area contributed by atoms with Crippen LogP contribution in [0.2, 0.25) is 0 Å². The zero-order chi connectivity index (χ0) is 25.1. The van der Waals surface area contributed by atoms with Crippen LogP contribution in [-0.4, -0.2) is 76.9 Å². The fourth-order valence-electron chi connectivity index (χ4n) is 4.55. The lowest BCUT2D eigenvalue weighted by Gasteiger charge is -2.32. The first kappa shape index (κ1) is 23.7. The molecule has 0 atom stereocenters. The largest absolute Gasteiger partial charge is 0.494 e. The topological polar surface area (TPSA) is 94.0 Å². The molecule has 4 aromatic rings. The van der Waals surface area contributed by atoms with E-state index in [1.54, 1.807) is 30.6 Å². The quantitative estimate of drug-likeness (QED) is 0.318. The Morgan fingerprint density at radius 1 is 1.08 bits per heavy atom. The molecule has 36 heavy (non-hydrogen) atoms. The molecule has 8 nitrogen and oxygen atoms in total. The van der Waals surface area contributed by atoms with Gasteiger partial charge in [-0.2, -0.15) is 0 Å². The van der Waals surface area contributed by atoms with E-state index in [0.717, 1.165) is 44.0 Å². The molecule has 1 aliphatic heterocycles. The van der Waals surface area contributed by atoms with Gasteiger partial charge in [0.25, 0.3) is 0 Å². The van der Waals surface area contributed by atoms with Gasteiger partial charge in [0, 0.05) is 61.6 Å². The molecule has 1 saturated heterocycles. The van der Waals surface area contributed by atoms with E-state index >= 15 is 0 Å². The van der Waals surface area contributed by atoms with E-state index in [0.29, 0.717) is 27.7 Å². The van der Waals surface area contributed by atoms with Crippen LogP contribution < -0.4 is 0 Å². The number of fused-ring (bicyclic) bond motifs is 1. The zero-order valence-corrected chi connectivity index (χ0v) is 20.4. The van der Waals surface area contributed by atoms with Crippen molar-refractivity contribution in [3.63, 3.8) is 0 Å². The average molecular weight is 484 g/mol. The monoisotopic (exact) mass is 483 g/mol. The molecular weight excluding hydrogens is 454 g/mol. The van der Waals surface area contributed by atoms with Gasteiger partial charge in [-0.15, -0.1) is 0 Å². The molecule has 2 N–H and O–H groups in total. The predicted molar refractivity (Wildman–Crippen MR) is 140 cm³/mol. The Morgan fingerprint density at radius 3 is 2.67 bits per heavy atom. The molecule has 2 aromatic heterocycles. The maximum absolute atomic E-state index is 12.2. The Morgan fingerprint density at radius 2 is 1.92 bits per heavy atom. The number of aliphatic imine (C=N–C) groups is 1. The number of hydrogen-bond acceptors (Lipinski definition) is 7. The van der Waals surface area contributed by atoms with Gasteiger partial charge < -0.3 is 19.7 Å². The number of carbonyl (C=O) groups is 1. The predicted octanol–water partition coefficient (Wildman–Crippen LogP) is 3.97. The van der Waals surface area contributed by atoms with Crippen molar-refractivity contribution in [1.29, 1.82) is 0 Å². The summed E-state index contributed by atoms with van der Waals surface area (Å²) in [6.07, 6.45) is 3.41. The van der Waals surface area contributed by atoms with Crippen molar-refractivity contribution in [2.45, 2.75) is 6.54 Å². The minimum atomic E-state index is -0.444. The van der Waals surface area contributed by atoms with Crippen molar-refractivity contribution >= 4 is 28.3 Å². The lowest BCUT2D eigenvalue weighted by atomic mass is 10.0. The summed E-state index contributed by atoms with van der Waals surface area (Å²) in [4.78, 5) is 29.3. The molecule has 0 aliphatic carbocycles. The number of pyridine rings is 1. The summed E-state index contributed by atoms with van der Waals surface area (Å²) < 4.78 is 4.90. The van der Waals surface area contributed by atoms with Crippen LogP contribution in [0.15, 0.2) is 72.0 Å². The number of hydrogen-bond donors (Lipinski definition) is 2. The number of aromatic nitrogens is 2. The average Bonchev–Trinajstić information content (AvgIpc) is 3.23. The van der Waals surface area contributed by atoms with E-state index in [2.05, 4.69) is 38.9 Å². The van der Waals surface area contributed by atoms with E-state index in [4.69, 9.17) is 9.73 Å². The number of aromatic hydroxyl groups is 1. The number of rotatable bonds is 6. The normalized spacial score (nSPS) is 15.3. The molecule has 8 heteroatoms. The fraction of sp³-hybridized carbons (Fsp3) is 0.250. The molecule has 3 heterocycles.